The van der Waals surface area contributed by atoms with Crippen LogP contribution < -0.4 is 10.3 Å². The van der Waals surface area contributed by atoms with Crippen molar-refractivity contribution in [3.05, 3.63) is 62.9 Å². The van der Waals surface area contributed by atoms with E-state index in [0.29, 0.717) is 57.7 Å². The first kappa shape index (κ1) is 22.3. The van der Waals surface area contributed by atoms with E-state index in [1.54, 1.807) is 49.1 Å². The number of carbonyl (C=O) groups excluding carboxylic acids is 1. The fourth-order valence-corrected chi connectivity index (χ4v) is 4.27. The molecule has 0 aliphatic heterocycles. The van der Waals surface area contributed by atoms with Gasteiger partial charge in [-0.05, 0) is 49.7 Å². The van der Waals surface area contributed by atoms with Crippen LogP contribution >= 0.6 is 23.4 Å². The first-order chi connectivity index (χ1) is 14.4. The average Bonchev–Trinajstić information content (AvgIpc) is 2.73. The summed E-state index contributed by atoms with van der Waals surface area (Å²) in [5, 5.41) is 1.64. The second-order valence-corrected chi connectivity index (χ2v) is 8.11. The highest BCUT2D eigenvalue weighted by atomic mass is 35.5. The number of methoxy groups -OCH3 is 2. The van der Waals surface area contributed by atoms with E-state index in [0.717, 1.165) is 5.56 Å². The number of halogens is 1. The Morgan fingerprint density at radius 1 is 1.20 bits per heavy atom. The standard InChI is InChI=1S/C22H23ClN2O4S/c1-14(26)15-5-8-20(29-3)16(11-15)13-30-22-24-19-12-17(23)6-7-18(19)21(27)25(22)9-4-10-28-2/h5-8,11-12H,4,9-10,13H2,1-3H3. The SMILES string of the molecule is COCCCn1c(SCc2cc(C(C)=O)ccc2OC)nc2cc(Cl)ccc2c1=O. The Hall–Kier alpha value is -2.35. The lowest BCUT2D eigenvalue weighted by atomic mass is 10.1. The molecule has 8 heteroatoms. The monoisotopic (exact) mass is 446 g/mol. The van der Waals surface area contributed by atoms with Gasteiger partial charge in [0.05, 0.1) is 18.0 Å². The number of rotatable bonds is 9. The van der Waals surface area contributed by atoms with Gasteiger partial charge in [0.2, 0.25) is 0 Å². The molecule has 30 heavy (non-hydrogen) atoms. The van der Waals surface area contributed by atoms with E-state index in [2.05, 4.69) is 0 Å². The average molecular weight is 447 g/mol. The molecule has 3 aromatic rings. The Balaban J connectivity index is 2.00. The van der Waals surface area contributed by atoms with Crippen LogP contribution in [0.2, 0.25) is 5.02 Å². The molecule has 0 N–H and O–H groups in total. The highest BCUT2D eigenvalue weighted by molar-refractivity contribution is 7.98. The van der Waals surface area contributed by atoms with Gasteiger partial charge in [-0.25, -0.2) is 4.98 Å². The Morgan fingerprint density at radius 3 is 2.70 bits per heavy atom. The minimum atomic E-state index is -0.111. The lowest BCUT2D eigenvalue weighted by Gasteiger charge is -2.14. The molecule has 6 nitrogen and oxygen atoms in total. The minimum Gasteiger partial charge on any atom is -0.496 e. The largest absolute Gasteiger partial charge is 0.496 e. The third-order valence-electron chi connectivity index (χ3n) is 4.66. The number of Topliss-reactive ketones (excluding diaryl/α,β-unsaturated/α-hetero) is 1. The molecule has 3 rings (SSSR count). The van der Waals surface area contributed by atoms with Crippen molar-refractivity contribution >= 4 is 40.0 Å². The molecule has 0 aliphatic rings. The van der Waals surface area contributed by atoms with E-state index in [1.165, 1.54) is 18.7 Å². The summed E-state index contributed by atoms with van der Waals surface area (Å²) in [5.41, 5.74) is 1.92. The van der Waals surface area contributed by atoms with Crippen molar-refractivity contribution < 1.29 is 14.3 Å². The van der Waals surface area contributed by atoms with Gasteiger partial charge < -0.3 is 9.47 Å². The second kappa shape index (κ2) is 10.1. The third kappa shape index (κ3) is 5.03. The fourth-order valence-electron chi connectivity index (χ4n) is 3.10. The quantitative estimate of drug-likeness (QED) is 0.207. The summed E-state index contributed by atoms with van der Waals surface area (Å²) >= 11 is 7.52. The number of carbonyl (C=O) groups is 1. The van der Waals surface area contributed by atoms with Crippen LogP contribution in [0.25, 0.3) is 10.9 Å². The first-order valence-corrected chi connectivity index (χ1v) is 10.8. The van der Waals surface area contributed by atoms with Crippen molar-refractivity contribution in [2.75, 3.05) is 20.8 Å². The highest BCUT2D eigenvalue weighted by Gasteiger charge is 2.14. The number of benzene rings is 2. The molecule has 0 saturated heterocycles. The predicted octanol–water partition coefficient (Wildman–Crippen LogP) is 4.59. The van der Waals surface area contributed by atoms with Gasteiger partial charge in [0, 0.05) is 42.2 Å². The maximum Gasteiger partial charge on any atom is 0.262 e. The molecule has 2 aromatic carbocycles. The number of nitrogens with zero attached hydrogens (tertiary/aromatic N) is 2. The summed E-state index contributed by atoms with van der Waals surface area (Å²) in [7, 11) is 3.22. The molecule has 0 atom stereocenters. The summed E-state index contributed by atoms with van der Waals surface area (Å²) < 4.78 is 12.2. The number of hydrogen-bond donors (Lipinski definition) is 0. The van der Waals surface area contributed by atoms with E-state index >= 15 is 0 Å². The van der Waals surface area contributed by atoms with Crippen LogP contribution in [0.15, 0.2) is 46.3 Å². The van der Waals surface area contributed by atoms with Crippen LogP contribution in [-0.4, -0.2) is 36.2 Å². The van der Waals surface area contributed by atoms with Gasteiger partial charge in [0.25, 0.3) is 5.56 Å². The number of ether oxygens (including phenoxy) is 2. The molecule has 1 aromatic heterocycles. The number of aromatic nitrogens is 2. The normalized spacial score (nSPS) is 11.1. The van der Waals surface area contributed by atoms with Crippen LogP contribution in [0.4, 0.5) is 0 Å². The van der Waals surface area contributed by atoms with E-state index in [1.807, 2.05) is 6.07 Å². The van der Waals surface area contributed by atoms with Gasteiger partial charge in [-0.2, -0.15) is 0 Å². The molecule has 158 valence electrons. The molecular weight excluding hydrogens is 424 g/mol. The van der Waals surface area contributed by atoms with E-state index in [4.69, 9.17) is 26.1 Å². The number of fused-ring (bicyclic) bond motifs is 1. The molecule has 0 saturated carbocycles. The van der Waals surface area contributed by atoms with E-state index < -0.39 is 0 Å². The number of hydrogen-bond acceptors (Lipinski definition) is 6. The van der Waals surface area contributed by atoms with Crippen LogP contribution in [0.1, 0.15) is 29.3 Å². The van der Waals surface area contributed by atoms with Gasteiger partial charge >= 0.3 is 0 Å². The van der Waals surface area contributed by atoms with E-state index in [-0.39, 0.29) is 11.3 Å². The fraction of sp³-hybridized carbons (Fsp3) is 0.318. The Bertz CT molecular complexity index is 1130. The Morgan fingerprint density at radius 2 is 2.00 bits per heavy atom. The molecule has 0 spiro atoms. The molecule has 0 aliphatic carbocycles. The lowest BCUT2D eigenvalue weighted by molar-refractivity contribution is 0.101. The van der Waals surface area contributed by atoms with Gasteiger partial charge in [-0.1, -0.05) is 23.4 Å². The third-order valence-corrected chi connectivity index (χ3v) is 5.92. The Kier molecular flexibility index (Phi) is 7.53. The van der Waals surface area contributed by atoms with Gasteiger partial charge in [-0.15, -0.1) is 0 Å². The van der Waals surface area contributed by atoms with Crippen molar-refractivity contribution in [1.29, 1.82) is 0 Å². The summed E-state index contributed by atoms with van der Waals surface area (Å²) in [6, 6.07) is 10.4. The second-order valence-electron chi connectivity index (χ2n) is 6.73. The molecule has 0 unspecified atom stereocenters. The zero-order chi connectivity index (χ0) is 21.7. The van der Waals surface area contributed by atoms with Crippen molar-refractivity contribution in [2.45, 2.75) is 30.8 Å². The smallest absolute Gasteiger partial charge is 0.262 e. The highest BCUT2D eigenvalue weighted by Crippen LogP contribution is 2.29. The molecular formula is C22H23ClN2O4S. The van der Waals surface area contributed by atoms with Crippen molar-refractivity contribution in [3.8, 4) is 5.75 Å². The van der Waals surface area contributed by atoms with Gasteiger partial charge in [-0.3, -0.25) is 14.2 Å². The molecule has 0 amide bonds. The van der Waals surface area contributed by atoms with Crippen molar-refractivity contribution in [2.24, 2.45) is 0 Å². The zero-order valence-corrected chi connectivity index (χ0v) is 18.7. The van der Waals surface area contributed by atoms with Crippen molar-refractivity contribution in [3.63, 3.8) is 0 Å². The van der Waals surface area contributed by atoms with Crippen molar-refractivity contribution in [1.82, 2.24) is 9.55 Å². The predicted molar refractivity (Wildman–Crippen MR) is 120 cm³/mol. The van der Waals surface area contributed by atoms with E-state index in [9.17, 15) is 9.59 Å². The summed E-state index contributed by atoms with van der Waals surface area (Å²) in [5.74, 6) is 1.16. The molecule has 0 bridgehead atoms. The van der Waals surface area contributed by atoms with Crippen LogP contribution in [0.3, 0.4) is 0 Å². The van der Waals surface area contributed by atoms with Gasteiger partial charge in [0.1, 0.15) is 5.75 Å². The summed E-state index contributed by atoms with van der Waals surface area (Å²) in [6.07, 6.45) is 0.688. The van der Waals surface area contributed by atoms with Gasteiger partial charge in [0.15, 0.2) is 10.9 Å². The van der Waals surface area contributed by atoms with Crippen LogP contribution in [-0.2, 0) is 17.0 Å². The lowest BCUT2D eigenvalue weighted by Crippen LogP contribution is -2.24. The molecule has 1 heterocycles. The maximum atomic E-state index is 13.1. The summed E-state index contributed by atoms with van der Waals surface area (Å²) in [6.45, 7) is 2.57. The molecule has 0 fully saturated rings. The Labute approximate surface area is 184 Å². The number of thioether (sulfide) groups is 1. The first-order valence-electron chi connectivity index (χ1n) is 9.44. The van der Waals surface area contributed by atoms with Crippen LogP contribution in [0, 0.1) is 0 Å². The minimum absolute atomic E-state index is 0.0150. The topological polar surface area (TPSA) is 70.4 Å². The number of ketones is 1. The van der Waals surface area contributed by atoms with Crippen LogP contribution in [0.5, 0.6) is 5.75 Å². The molecule has 0 radical (unpaired) electrons. The summed E-state index contributed by atoms with van der Waals surface area (Å²) in [4.78, 5) is 29.6. The maximum absolute atomic E-state index is 13.1. The zero-order valence-electron chi connectivity index (χ0n) is 17.1.